The number of rotatable bonds is 3. The van der Waals surface area contributed by atoms with Crippen LogP contribution in [0.25, 0.3) is 39.3 Å². The molecule has 0 amide bonds. The zero-order valence-electron chi connectivity index (χ0n) is 25.6. The third-order valence-corrected chi connectivity index (χ3v) is 9.70. The number of hydrogen-bond acceptors (Lipinski definition) is 2. The molecule has 1 atom stereocenters. The van der Waals surface area contributed by atoms with Crippen LogP contribution in [0.2, 0.25) is 0 Å². The fourth-order valence-electron chi connectivity index (χ4n) is 7.49. The monoisotopic (exact) mass is 582 g/mol. The number of benzene rings is 4. The number of imidazole rings is 1. The summed E-state index contributed by atoms with van der Waals surface area (Å²) >= 11 is 0. The fourth-order valence-corrected chi connectivity index (χ4v) is 7.49. The molecule has 1 aliphatic heterocycles. The van der Waals surface area contributed by atoms with Crippen molar-refractivity contribution >= 4 is 51.5 Å². The largest absolute Gasteiger partial charge is 0.347 e. The summed E-state index contributed by atoms with van der Waals surface area (Å²) in [7, 11) is 0. The number of allylic oxidation sites excluding steroid dienone is 5. The van der Waals surface area contributed by atoms with Gasteiger partial charge in [0, 0.05) is 5.69 Å². The normalized spacial score (nSPS) is 19.4. The van der Waals surface area contributed by atoms with Gasteiger partial charge in [0.15, 0.2) is 0 Å². The summed E-state index contributed by atoms with van der Waals surface area (Å²) in [5.74, 6) is 1.12. The van der Waals surface area contributed by atoms with Crippen LogP contribution in [0.3, 0.4) is 0 Å². The van der Waals surface area contributed by atoms with E-state index in [1.807, 2.05) is 24.3 Å². The van der Waals surface area contributed by atoms with E-state index in [0.717, 1.165) is 41.6 Å². The molecule has 0 fully saturated rings. The maximum atomic E-state index is 8.11. The van der Waals surface area contributed by atoms with E-state index in [1.165, 1.54) is 39.2 Å². The summed E-state index contributed by atoms with van der Waals surface area (Å²) < 4.78 is 0. The topological polar surface area (TPSA) is 36.3 Å². The molecule has 218 valence electrons. The molecule has 4 heteroatoms. The van der Waals surface area contributed by atoms with Gasteiger partial charge >= 0.3 is 0 Å². The lowest BCUT2D eigenvalue weighted by atomic mass is 9.62. The Hall–Kier alpha value is -5.40. The first kappa shape index (κ1) is 27.2. The van der Waals surface area contributed by atoms with E-state index >= 15 is 0 Å². The van der Waals surface area contributed by atoms with Gasteiger partial charge in [0.2, 0.25) is 5.70 Å². The first-order valence-electron chi connectivity index (χ1n) is 15.7. The van der Waals surface area contributed by atoms with Gasteiger partial charge in [-0.1, -0.05) is 98.8 Å². The second-order valence-corrected chi connectivity index (χ2v) is 13.0. The maximum absolute atomic E-state index is 8.11. The van der Waals surface area contributed by atoms with Crippen molar-refractivity contribution in [3.63, 3.8) is 0 Å². The Morgan fingerprint density at radius 3 is 2.20 bits per heavy atom. The highest BCUT2D eigenvalue weighted by atomic mass is 15.1. The number of nitrogens with one attached hydrogen (secondary N) is 1. The molecule has 0 spiro atoms. The number of H-pyrrole nitrogens is 1. The van der Waals surface area contributed by atoms with Crippen molar-refractivity contribution in [3.05, 3.63) is 154 Å². The molecule has 3 aliphatic rings. The van der Waals surface area contributed by atoms with Crippen LogP contribution >= 0.6 is 0 Å². The number of hydrogen-bond donors (Lipinski definition) is 1. The number of aromatic nitrogens is 2. The summed E-state index contributed by atoms with van der Waals surface area (Å²) in [6.45, 7) is 12.8. The highest BCUT2D eigenvalue weighted by molar-refractivity contribution is 5.93. The Labute approximate surface area is 264 Å². The molecular weight excluding hydrogens is 548 g/mol. The molecule has 1 N–H and O–H groups in total. The molecule has 5 aromatic rings. The van der Waals surface area contributed by atoms with Gasteiger partial charge in [0.25, 0.3) is 0 Å². The number of anilines is 3. The van der Waals surface area contributed by atoms with Crippen LogP contribution in [0.4, 0.5) is 17.1 Å². The number of fused-ring (bicyclic) bond motifs is 4. The van der Waals surface area contributed by atoms with Crippen molar-refractivity contribution in [2.24, 2.45) is 11.3 Å². The van der Waals surface area contributed by atoms with Gasteiger partial charge in [-0.25, -0.2) is 9.83 Å². The lowest BCUT2D eigenvalue weighted by Crippen LogP contribution is -2.31. The van der Waals surface area contributed by atoms with Crippen molar-refractivity contribution in [1.29, 1.82) is 0 Å². The molecule has 2 heterocycles. The van der Waals surface area contributed by atoms with Gasteiger partial charge in [-0.05, 0) is 100 Å². The van der Waals surface area contributed by atoms with Crippen LogP contribution in [0, 0.1) is 17.9 Å². The van der Waals surface area contributed by atoms with E-state index in [0.29, 0.717) is 17.4 Å². The first-order chi connectivity index (χ1) is 22.0. The SMILES string of the molecule is [C-]#[N+]/C(=C1\C=C2C=C(c3ccc(N4c5ccccc5C=Cc5ccccc54)cc3)CCC2C(C)(C)C1)c1nc2ccccc2[nH]1. The van der Waals surface area contributed by atoms with Gasteiger partial charge < -0.3 is 9.88 Å². The van der Waals surface area contributed by atoms with Crippen molar-refractivity contribution in [1.82, 2.24) is 9.97 Å². The molecule has 1 unspecified atom stereocenters. The Morgan fingerprint density at radius 1 is 0.844 bits per heavy atom. The zero-order valence-corrected chi connectivity index (χ0v) is 25.6. The highest BCUT2D eigenvalue weighted by Crippen LogP contribution is 2.51. The van der Waals surface area contributed by atoms with E-state index in [9.17, 15) is 0 Å². The fraction of sp³-hybridized carbons (Fsp3) is 0.171. The Bertz CT molecular complexity index is 2050. The minimum absolute atomic E-state index is 0.0504. The number of nitrogens with zero attached hydrogens (tertiary/aromatic N) is 3. The summed E-state index contributed by atoms with van der Waals surface area (Å²) in [4.78, 5) is 14.5. The molecule has 2 aliphatic carbocycles. The van der Waals surface area contributed by atoms with Gasteiger partial charge in [-0.3, -0.25) is 0 Å². The predicted octanol–water partition coefficient (Wildman–Crippen LogP) is 11.0. The van der Waals surface area contributed by atoms with Gasteiger partial charge in [-0.15, -0.1) is 0 Å². The van der Waals surface area contributed by atoms with Crippen LogP contribution in [0.15, 0.2) is 120 Å². The van der Waals surface area contributed by atoms with Crippen molar-refractivity contribution in [2.75, 3.05) is 4.90 Å². The van der Waals surface area contributed by atoms with Crippen molar-refractivity contribution < 1.29 is 0 Å². The van der Waals surface area contributed by atoms with E-state index in [2.05, 4.69) is 126 Å². The van der Waals surface area contributed by atoms with Crippen LogP contribution in [-0.2, 0) is 0 Å². The molecule has 0 bridgehead atoms. The third-order valence-electron chi connectivity index (χ3n) is 9.70. The Balaban J connectivity index is 1.17. The van der Waals surface area contributed by atoms with Crippen LogP contribution in [0.1, 0.15) is 55.6 Å². The lowest BCUT2D eigenvalue weighted by Gasteiger charge is -2.42. The Kier molecular flexibility index (Phi) is 6.43. The molecule has 4 nitrogen and oxygen atoms in total. The standard InChI is InChI=1S/C41H34N4/c1-41(2)26-32(39(42-3)40-43-35-12-6-7-13-36(35)44-40)25-31-24-30(20-23-34(31)41)27-18-21-33(22-19-27)45-37-14-8-4-10-28(37)16-17-29-11-5-9-15-38(29)45/h4-19,21-22,24-25,34H,20,23,26H2,1-2H3,(H,43,44)/b39-32+. The number of para-hydroxylation sites is 4. The molecule has 8 rings (SSSR count). The number of aromatic amines is 1. The average Bonchev–Trinajstić information content (AvgIpc) is 3.41. The molecule has 0 saturated heterocycles. The highest BCUT2D eigenvalue weighted by Gasteiger charge is 2.38. The zero-order chi connectivity index (χ0) is 30.5. The van der Waals surface area contributed by atoms with E-state index in [-0.39, 0.29) is 5.41 Å². The smallest absolute Gasteiger partial charge is 0.231 e. The summed E-state index contributed by atoms with van der Waals surface area (Å²) in [5.41, 5.74) is 13.4. The predicted molar refractivity (Wildman–Crippen MR) is 187 cm³/mol. The Morgan fingerprint density at radius 2 is 1.51 bits per heavy atom. The van der Waals surface area contributed by atoms with E-state index < -0.39 is 0 Å². The molecule has 4 aromatic carbocycles. The summed E-state index contributed by atoms with van der Waals surface area (Å²) in [5, 5.41) is 0. The molecule has 0 saturated carbocycles. The average molecular weight is 583 g/mol. The molecular formula is C41H34N4. The van der Waals surface area contributed by atoms with E-state index in [4.69, 9.17) is 11.6 Å². The maximum Gasteiger partial charge on any atom is 0.231 e. The summed E-state index contributed by atoms with van der Waals surface area (Å²) in [6.07, 6.45) is 12.1. The van der Waals surface area contributed by atoms with Crippen LogP contribution in [0.5, 0.6) is 0 Å². The summed E-state index contributed by atoms with van der Waals surface area (Å²) in [6, 6.07) is 34.2. The van der Waals surface area contributed by atoms with Gasteiger partial charge in [0.1, 0.15) is 5.82 Å². The van der Waals surface area contributed by atoms with Gasteiger partial charge in [0.05, 0.1) is 29.0 Å². The molecule has 0 radical (unpaired) electrons. The minimum Gasteiger partial charge on any atom is -0.347 e. The minimum atomic E-state index is 0.0504. The van der Waals surface area contributed by atoms with E-state index in [1.54, 1.807) is 0 Å². The third kappa shape index (κ3) is 4.73. The van der Waals surface area contributed by atoms with Crippen LogP contribution < -0.4 is 4.90 Å². The van der Waals surface area contributed by atoms with Crippen molar-refractivity contribution in [3.8, 4) is 0 Å². The second-order valence-electron chi connectivity index (χ2n) is 13.0. The molecule has 1 aromatic heterocycles. The van der Waals surface area contributed by atoms with Crippen LogP contribution in [-0.4, -0.2) is 9.97 Å². The van der Waals surface area contributed by atoms with Crippen molar-refractivity contribution in [2.45, 2.75) is 33.1 Å². The lowest BCUT2D eigenvalue weighted by molar-refractivity contribution is 0.228. The second kappa shape index (κ2) is 10.6. The quantitative estimate of drug-likeness (QED) is 0.211. The first-order valence-corrected chi connectivity index (χ1v) is 15.7. The van der Waals surface area contributed by atoms with Gasteiger partial charge in [-0.2, -0.15) is 0 Å². The molecule has 45 heavy (non-hydrogen) atoms.